The van der Waals surface area contributed by atoms with Crippen LogP contribution in [0.2, 0.25) is 0 Å². The van der Waals surface area contributed by atoms with E-state index < -0.39 is 0 Å². The zero-order chi connectivity index (χ0) is 11.5. The van der Waals surface area contributed by atoms with E-state index >= 15 is 0 Å². The van der Waals surface area contributed by atoms with Gasteiger partial charge in [0.05, 0.1) is 15.6 Å². The van der Waals surface area contributed by atoms with Gasteiger partial charge in [0.15, 0.2) is 5.82 Å². The number of hydrogen-bond acceptors (Lipinski definition) is 4. The predicted octanol–water partition coefficient (Wildman–Crippen LogP) is 3.11. The highest BCUT2D eigenvalue weighted by atomic mass is 32.1. The summed E-state index contributed by atoms with van der Waals surface area (Å²) in [4.78, 5) is 9.98. The summed E-state index contributed by atoms with van der Waals surface area (Å²) in [5.74, 6) is 0.811. The van der Waals surface area contributed by atoms with Crippen molar-refractivity contribution in [2.24, 2.45) is 0 Å². The SMILES string of the molecule is CCCc1nc(CC)sc1-c1nc(=S)[nH][nH]1. The van der Waals surface area contributed by atoms with E-state index in [1.54, 1.807) is 11.3 Å². The summed E-state index contributed by atoms with van der Waals surface area (Å²) in [5.41, 5.74) is 1.13. The van der Waals surface area contributed by atoms with Crippen molar-refractivity contribution in [1.29, 1.82) is 0 Å². The fourth-order valence-corrected chi connectivity index (χ4v) is 2.66. The molecule has 2 N–H and O–H groups in total. The Kier molecular flexibility index (Phi) is 3.50. The first-order valence-corrected chi connectivity index (χ1v) is 6.60. The van der Waals surface area contributed by atoms with Crippen molar-refractivity contribution < 1.29 is 0 Å². The molecule has 0 radical (unpaired) electrons. The largest absolute Gasteiger partial charge is 0.281 e. The molecule has 6 heteroatoms. The van der Waals surface area contributed by atoms with Crippen LogP contribution in [0.3, 0.4) is 0 Å². The van der Waals surface area contributed by atoms with E-state index in [0.717, 1.165) is 40.7 Å². The fraction of sp³-hybridized carbons (Fsp3) is 0.500. The molecule has 0 unspecified atom stereocenters. The number of thiazole rings is 1. The Labute approximate surface area is 103 Å². The molecular weight excluding hydrogens is 240 g/mol. The van der Waals surface area contributed by atoms with E-state index in [9.17, 15) is 0 Å². The summed E-state index contributed by atoms with van der Waals surface area (Å²) in [6, 6.07) is 0. The summed E-state index contributed by atoms with van der Waals surface area (Å²) in [6.45, 7) is 4.27. The molecule has 4 nitrogen and oxygen atoms in total. The van der Waals surface area contributed by atoms with Crippen LogP contribution in [-0.4, -0.2) is 20.2 Å². The zero-order valence-corrected chi connectivity index (χ0v) is 11.0. The molecule has 0 saturated carbocycles. The van der Waals surface area contributed by atoms with Crippen LogP contribution in [0.5, 0.6) is 0 Å². The van der Waals surface area contributed by atoms with E-state index in [4.69, 9.17) is 12.2 Å². The Morgan fingerprint density at radius 2 is 2.06 bits per heavy atom. The van der Waals surface area contributed by atoms with Crippen LogP contribution >= 0.6 is 23.6 Å². The number of aryl methyl sites for hydroxylation is 2. The molecule has 2 rings (SSSR count). The van der Waals surface area contributed by atoms with E-state index in [1.165, 1.54) is 0 Å². The van der Waals surface area contributed by atoms with Crippen LogP contribution < -0.4 is 0 Å². The van der Waals surface area contributed by atoms with Gasteiger partial charge >= 0.3 is 0 Å². The van der Waals surface area contributed by atoms with Gasteiger partial charge in [0.2, 0.25) is 4.77 Å². The van der Waals surface area contributed by atoms with Crippen LogP contribution in [0.1, 0.15) is 31.0 Å². The van der Waals surface area contributed by atoms with Gasteiger partial charge in [0.25, 0.3) is 0 Å². The number of rotatable bonds is 4. The van der Waals surface area contributed by atoms with Gasteiger partial charge in [-0.15, -0.1) is 11.3 Å². The van der Waals surface area contributed by atoms with Crippen molar-refractivity contribution in [3.8, 4) is 10.7 Å². The second-order valence-corrected chi connectivity index (χ2v) is 4.97. The van der Waals surface area contributed by atoms with Gasteiger partial charge in [-0.1, -0.05) is 20.3 Å². The first-order valence-electron chi connectivity index (χ1n) is 5.38. The van der Waals surface area contributed by atoms with Crippen molar-refractivity contribution >= 4 is 23.6 Å². The summed E-state index contributed by atoms with van der Waals surface area (Å²) < 4.78 is 0.490. The second kappa shape index (κ2) is 4.88. The van der Waals surface area contributed by atoms with E-state index in [0.29, 0.717) is 4.77 Å². The van der Waals surface area contributed by atoms with Gasteiger partial charge in [-0.2, -0.15) is 4.98 Å². The van der Waals surface area contributed by atoms with Gasteiger partial charge in [-0.25, -0.2) is 4.98 Å². The third-order valence-corrected chi connectivity index (χ3v) is 3.69. The van der Waals surface area contributed by atoms with Crippen LogP contribution in [0, 0.1) is 4.77 Å². The van der Waals surface area contributed by atoms with Gasteiger partial charge in [-0.05, 0) is 25.1 Å². The summed E-state index contributed by atoms with van der Waals surface area (Å²) in [5, 5.41) is 6.96. The zero-order valence-electron chi connectivity index (χ0n) is 9.33. The average molecular weight is 254 g/mol. The maximum Gasteiger partial charge on any atom is 0.213 e. The van der Waals surface area contributed by atoms with Gasteiger partial charge in [0, 0.05) is 0 Å². The molecule has 2 aromatic rings. The molecule has 0 amide bonds. The molecule has 0 saturated heterocycles. The highest BCUT2D eigenvalue weighted by Gasteiger charge is 2.13. The Balaban J connectivity index is 2.45. The lowest BCUT2D eigenvalue weighted by Gasteiger charge is -1.95. The quantitative estimate of drug-likeness (QED) is 0.824. The van der Waals surface area contributed by atoms with Crippen molar-refractivity contribution in [1.82, 2.24) is 20.2 Å². The summed E-state index contributed by atoms with van der Waals surface area (Å²) >= 11 is 6.66. The maximum absolute atomic E-state index is 4.96. The number of aromatic nitrogens is 4. The minimum atomic E-state index is 0.490. The molecule has 0 aromatic carbocycles. The molecule has 0 aliphatic rings. The molecule has 2 heterocycles. The fourth-order valence-electron chi connectivity index (χ4n) is 1.52. The minimum absolute atomic E-state index is 0.490. The third-order valence-electron chi connectivity index (χ3n) is 2.25. The third kappa shape index (κ3) is 2.22. The number of H-pyrrole nitrogens is 2. The van der Waals surface area contributed by atoms with Crippen molar-refractivity contribution in [3.05, 3.63) is 15.5 Å². The number of hydrogen-bond donors (Lipinski definition) is 2. The maximum atomic E-state index is 4.96. The molecule has 0 spiro atoms. The first kappa shape index (κ1) is 11.5. The predicted molar refractivity (Wildman–Crippen MR) is 68.3 cm³/mol. The van der Waals surface area contributed by atoms with Crippen LogP contribution in [0.15, 0.2) is 0 Å². The number of nitrogens with one attached hydrogen (secondary N) is 2. The molecule has 86 valence electrons. The van der Waals surface area contributed by atoms with Crippen molar-refractivity contribution in [2.75, 3.05) is 0 Å². The van der Waals surface area contributed by atoms with Crippen LogP contribution in [0.25, 0.3) is 10.7 Å². The molecule has 16 heavy (non-hydrogen) atoms. The molecule has 0 atom stereocenters. The smallest absolute Gasteiger partial charge is 0.213 e. The second-order valence-electron chi connectivity index (χ2n) is 3.50. The van der Waals surface area contributed by atoms with E-state index in [1.807, 2.05) is 0 Å². The van der Waals surface area contributed by atoms with E-state index in [-0.39, 0.29) is 0 Å². The highest BCUT2D eigenvalue weighted by Crippen LogP contribution is 2.28. The average Bonchev–Trinajstić information content (AvgIpc) is 2.85. The normalized spacial score (nSPS) is 10.9. The Morgan fingerprint density at radius 1 is 1.25 bits per heavy atom. The molecule has 2 aromatic heterocycles. The molecule has 0 aliphatic carbocycles. The monoisotopic (exact) mass is 254 g/mol. The standard InChI is InChI=1S/C10H14N4S2/c1-3-5-6-8(16-7(4-2)11-6)9-12-10(15)14-13-9/h3-5H2,1-2H3,(H2,12,13,14,15). The lowest BCUT2D eigenvalue weighted by molar-refractivity contribution is 0.880. The van der Waals surface area contributed by atoms with Gasteiger partial charge in [-0.3, -0.25) is 10.2 Å². The van der Waals surface area contributed by atoms with Crippen LogP contribution in [0.4, 0.5) is 0 Å². The van der Waals surface area contributed by atoms with Crippen LogP contribution in [-0.2, 0) is 12.8 Å². The van der Waals surface area contributed by atoms with Crippen molar-refractivity contribution in [3.63, 3.8) is 0 Å². The van der Waals surface area contributed by atoms with Gasteiger partial charge in [0.1, 0.15) is 0 Å². The molecule has 0 bridgehead atoms. The summed E-state index contributed by atoms with van der Waals surface area (Å²) in [7, 11) is 0. The molecule has 0 aliphatic heterocycles. The number of nitrogens with zero attached hydrogens (tertiary/aromatic N) is 2. The summed E-state index contributed by atoms with van der Waals surface area (Å²) in [6.07, 6.45) is 3.04. The minimum Gasteiger partial charge on any atom is -0.281 e. The first-order chi connectivity index (χ1) is 7.74. The van der Waals surface area contributed by atoms with E-state index in [2.05, 4.69) is 34.0 Å². The lowest BCUT2D eigenvalue weighted by atomic mass is 10.2. The Hall–Kier alpha value is -1.01. The molecular formula is C10H14N4S2. The van der Waals surface area contributed by atoms with Crippen molar-refractivity contribution in [2.45, 2.75) is 33.1 Å². The highest BCUT2D eigenvalue weighted by molar-refractivity contribution is 7.71. The Bertz CT molecular complexity index is 523. The lowest BCUT2D eigenvalue weighted by Crippen LogP contribution is -1.88. The molecule has 0 fully saturated rings. The topological polar surface area (TPSA) is 57.4 Å². The Morgan fingerprint density at radius 3 is 2.62 bits per heavy atom. The number of aromatic amines is 2. The van der Waals surface area contributed by atoms with Gasteiger partial charge < -0.3 is 0 Å².